The van der Waals surface area contributed by atoms with Crippen molar-refractivity contribution in [1.29, 1.82) is 0 Å². The van der Waals surface area contributed by atoms with Crippen molar-refractivity contribution < 1.29 is 5.11 Å². The van der Waals surface area contributed by atoms with E-state index in [1.54, 1.807) is 0 Å². The molecule has 100 valence electrons. The van der Waals surface area contributed by atoms with E-state index in [4.69, 9.17) is 0 Å². The van der Waals surface area contributed by atoms with Gasteiger partial charge < -0.3 is 10.0 Å². The molecule has 1 aliphatic heterocycles. The second-order valence-electron chi connectivity index (χ2n) is 6.37. The van der Waals surface area contributed by atoms with Gasteiger partial charge in [0.25, 0.3) is 0 Å². The Bertz CT molecular complexity index is 425. The lowest BCUT2D eigenvalue weighted by molar-refractivity contribution is 0.0972. The average molecular weight is 247 g/mol. The van der Waals surface area contributed by atoms with E-state index in [0.717, 1.165) is 19.5 Å². The van der Waals surface area contributed by atoms with E-state index in [1.165, 1.54) is 16.8 Å². The molecule has 0 spiro atoms. The summed E-state index contributed by atoms with van der Waals surface area (Å²) in [6.07, 6.45) is 1.08. The Labute approximate surface area is 111 Å². The van der Waals surface area contributed by atoms with Gasteiger partial charge in [-0.15, -0.1) is 0 Å². The molecular weight excluding hydrogens is 222 g/mol. The van der Waals surface area contributed by atoms with Crippen molar-refractivity contribution in [2.24, 2.45) is 11.3 Å². The molecule has 1 aromatic carbocycles. The van der Waals surface area contributed by atoms with Crippen molar-refractivity contribution in [1.82, 2.24) is 0 Å². The highest BCUT2D eigenvalue weighted by atomic mass is 16.3. The number of hydrogen-bond acceptors (Lipinski definition) is 2. The predicted molar refractivity (Wildman–Crippen MR) is 77.1 cm³/mol. The van der Waals surface area contributed by atoms with Crippen LogP contribution in [0.2, 0.25) is 0 Å². The van der Waals surface area contributed by atoms with Crippen molar-refractivity contribution in [3.8, 4) is 0 Å². The molecule has 1 saturated heterocycles. The van der Waals surface area contributed by atoms with Gasteiger partial charge in [0.15, 0.2) is 0 Å². The summed E-state index contributed by atoms with van der Waals surface area (Å²) in [5.74, 6) is 0.430. The number of benzene rings is 1. The SMILES string of the molecule is Cc1ccc(C)c(N2CCC(CO)C(C)(C)C2)c1. The van der Waals surface area contributed by atoms with Crippen LogP contribution in [0.1, 0.15) is 31.4 Å². The fraction of sp³-hybridized carbons (Fsp3) is 0.625. The molecule has 2 rings (SSSR count). The molecular formula is C16H25NO. The zero-order valence-electron chi connectivity index (χ0n) is 12.0. The van der Waals surface area contributed by atoms with Crippen LogP contribution < -0.4 is 4.90 Å². The summed E-state index contributed by atoms with van der Waals surface area (Å²) in [7, 11) is 0. The monoisotopic (exact) mass is 247 g/mol. The van der Waals surface area contributed by atoms with Crippen molar-refractivity contribution in [3.05, 3.63) is 29.3 Å². The van der Waals surface area contributed by atoms with E-state index < -0.39 is 0 Å². The number of aryl methyl sites for hydroxylation is 2. The normalized spacial score (nSPS) is 23.2. The summed E-state index contributed by atoms with van der Waals surface area (Å²) in [4.78, 5) is 2.48. The second-order valence-corrected chi connectivity index (χ2v) is 6.37. The molecule has 1 aliphatic rings. The van der Waals surface area contributed by atoms with E-state index in [0.29, 0.717) is 12.5 Å². The van der Waals surface area contributed by atoms with Gasteiger partial charge >= 0.3 is 0 Å². The van der Waals surface area contributed by atoms with E-state index in [2.05, 4.69) is 50.8 Å². The Kier molecular flexibility index (Phi) is 3.67. The Morgan fingerprint density at radius 2 is 2.06 bits per heavy atom. The zero-order chi connectivity index (χ0) is 13.3. The summed E-state index contributed by atoms with van der Waals surface area (Å²) < 4.78 is 0. The predicted octanol–water partition coefficient (Wildman–Crippen LogP) is 3.15. The van der Waals surface area contributed by atoms with Crippen molar-refractivity contribution in [2.75, 3.05) is 24.6 Å². The van der Waals surface area contributed by atoms with Gasteiger partial charge in [0.05, 0.1) is 0 Å². The quantitative estimate of drug-likeness (QED) is 0.868. The summed E-state index contributed by atoms with van der Waals surface area (Å²) in [6.45, 7) is 11.3. The van der Waals surface area contributed by atoms with Gasteiger partial charge in [-0.2, -0.15) is 0 Å². The topological polar surface area (TPSA) is 23.5 Å². The van der Waals surface area contributed by atoms with Gasteiger partial charge in [0.1, 0.15) is 0 Å². The molecule has 1 atom stereocenters. The van der Waals surface area contributed by atoms with Crippen LogP contribution >= 0.6 is 0 Å². The molecule has 0 radical (unpaired) electrons. The molecule has 2 heteroatoms. The number of aliphatic hydroxyl groups excluding tert-OH is 1. The van der Waals surface area contributed by atoms with Crippen LogP contribution in [0.25, 0.3) is 0 Å². The lowest BCUT2D eigenvalue weighted by atomic mass is 9.74. The molecule has 2 nitrogen and oxygen atoms in total. The van der Waals surface area contributed by atoms with Crippen LogP contribution in [0.5, 0.6) is 0 Å². The summed E-state index contributed by atoms with van der Waals surface area (Å²) in [6, 6.07) is 6.66. The van der Waals surface area contributed by atoms with Crippen molar-refractivity contribution >= 4 is 5.69 Å². The van der Waals surface area contributed by atoms with Crippen LogP contribution in [0, 0.1) is 25.2 Å². The molecule has 1 heterocycles. The summed E-state index contributed by atoms with van der Waals surface area (Å²) >= 11 is 0. The standard InChI is InChI=1S/C16H25NO/c1-12-5-6-13(2)15(9-12)17-8-7-14(10-18)16(3,4)11-17/h5-6,9,14,18H,7-8,10-11H2,1-4H3. The lowest BCUT2D eigenvalue weighted by Gasteiger charge is -2.45. The van der Waals surface area contributed by atoms with Gasteiger partial charge in [-0.3, -0.25) is 0 Å². The van der Waals surface area contributed by atoms with Crippen molar-refractivity contribution in [3.63, 3.8) is 0 Å². The first kappa shape index (κ1) is 13.4. The van der Waals surface area contributed by atoms with Gasteiger partial charge in [0, 0.05) is 25.4 Å². The third-order valence-electron chi connectivity index (χ3n) is 4.38. The van der Waals surface area contributed by atoms with Gasteiger partial charge in [-0.1, -0.05) is 26.0 Å². The summed E-state index contributed by atoms with van der Waals surface area (Å²) in [5, 5.41) is 9.46. The Morgan fingerprint density at radius 1 is 1.33 bits per heavy atom. The molecule has 0 aromatic heterocycles. The maximum Gasteiger partial charge on any atom is 0.0465 e. The second kappa shape index (κ2) is 4.93. The largest absolute Gasteiger partial charge is 0.396 e. The van der Waals surface area contributed by atoms with Crippen LogP contribution in [-0.2, 0) is 0 Å². The molecule has 1 fully saturated rings. The maximum absolute atomic E-state index is 9.46. The minimum Gasteiger partial charge on any atom is -0.396 e. The first-order valence-electron chi connectivity index (χ1n) is 6.87. The first-order chi connectivity index (χ1) is 8.44. The minimum absolute atomic E-state index is 0.184. The highest BCUT2D eigenvalue weighted by molar-refractivity contribution is 5.55. The highest BCUT2D eigenvalue weighted by Crippen LogP contribution is 2.37. The van der Waals surface area contributed by atoms with E-state index in [9.17, 15) is 5.11 Å². The number of aliphatic hydroxyl groups is 1. The maximum atomic E-state index is 9.46. The van der Waals surface area contributed by atoms with Gasteiger partial charge in [-0.05, 0) is 48.8 Å². The Hall–Kier alpha value is -1.02. The first-order valence-corrected chi connectivity index (χ1v) is 6.87. The average Bonchev–Trinajstić information content (AvgIpc) is 2.31. The van der Waals surface area contributed by atoms with Gasteiger partial charge in [0.2, 0.25) is 0 Å². The number of piperidine rings is 1. The van der Waals surface area contributed by atoms with Crippen LogP contribution in [0.4, 0.5) is 5.69 Å². The third kappa shape index (κ3) is 2.54. The number of rotatable bonds is 2. The highest BCUT2D eigenvalue weighted by Gasteiger charge is 2.35. The van der Waals surface area contributed by atoms with E-state index in [-0.39, 0.29) is 5.41 Å². The third-order valence-corrected chi connectivity index (χ3v) is 4.38. The smallest absolute Gasteiger partial charge is 0.0465 e. The van der Waals surface area contributed by atoms with Crippen LogP contribution in [-0.4, -0.2) is 24.8 Å². The zero-order valence-corrected chi connectivity index (χ0v) is 12.0. The Balaban J connectivity index is 2.23. The molecule has 0 amide bonds. The molecule has 1 aromatic rings. The number of anilines is 1. The molecule has 1 unspecified atom stereocenters. The molecule has 0 aliphatic carbocycles. The molecule has 0 bridgehead atoms. The molecule has 1 N–H and O–H groups in total. The van der Waals surface area contributed by atoms with Crippen LogP contribution in [0.15, 0.2) is 18.2 Å². The molecule has 18 heavy (non-hydrogen) atoms. The Morgan fingerprint density at radius 3 is 2.67 bits per heavy atom. The lowest BCUT2D eigenvalue weighted by Crippen LogP contribution is -2.47. The van der Waals surface area contributed by atoms with E-state index in [1.807, 2.05) is 0 Å². The van der Waals surface area contributed by atoms with Crippen LogP contribution in [0.3, 0.4) is 0 Å². The fourth-order valence-electron chi connectivity index (χ4n) is 3.01. The van der Waals surface area contributed by atoms with E-state index >= 15 is 0 Å². The van der Waals surface area contributed by atoms with Crippen molar-refractivity contribution in [2.45, 2.75) is 34.1 Å². The minimum atomic E-state index is 0.184. The fourth-order valence-corrected chi connectivity index (χ4v) is 3.01. The number of nitrogens with zero attached hydrogens (tertiary/aromatic N) is 1. The molecule has 0 saturated carbocycles. The van der Waals surface area contributed by atoms with Gasteiger partial charge in [-0.25, -0.2) is 0 Å². The number of hydrogen-bond donors (Lipinski definition) is 1. The summed E-state index contributed by atoms with van der Waals surface area (Å²) in [5.41, 5.74) is 4.21.